The molecule has 4 heteroatoms. The maximum Gasteiger partial charge on any atom is 0.256 e. The van der Waals surface area contributed by atoms with Crippen molar-refractivity contribution in [1.82, 2.24) is 5.32 Å². The molecule has 0 saturated carbocycles. The van der Waals surface area contributed by atoms with Gasteiger partial charge in [0.15, 0.2) is 0 Å². The van der Waals surface area contributed by atoms with Crippen LogP contribution in [0.4, 0.5) is 0 Å². The zero-order valence-corrected chi connectivity index (χ0v) is 11.1. The average molecular weight is 256 g/mol. The van der Waals surface area contributed by atoms with Crippen LogP contribution in [0.3, 0.4) is 0 Å². The Hall–Kier alpha value is -2.28. The van der Waals surface area contributed by atoms with Crippen molar-refractivity contribution in [3.8, 4) is 6.07 Å². The van der Waals surface area contributed by atoms with Gasteiger partial charge in [0.1, 0.15) is 17.4 Å². The van der Waals surface area contributed by atoms with Crippen molar-refractivity contribution in [2.75, 3.05) is 0 Å². The van der Waals surface area contributed by atoms with Gasteiger partial charge in [-0.1, -0.05) is 32.0 Å². The number of nitrogens with zero attached hydrogens (tertiary/aromatic N) is 1. The van der Waals surface area contributed by atoms with E-state index >= 15 is 0 Å². The van der Waals surface area contributed by atoms with Crippen LogP contribution >= 0.6 is 0 Å². The largest absolute Gasteiger partial charge is 0.463 e. The summed E-state index contributed by atoms with van der Waals surface area (Å²) in [7, 11) is 0. The second-order valence-corrected chi connectivity index (χ2v) is 4.50. The van der Waals surface area contributed by atoms with Crippen LogP contribution < -0.4 is 5.32 Å². The Morgan fingerprint density at radius 1 is 1.37 bits per heavy atom. The third kappa shape index (κ3) is 2.32. The van der Waals surface area contributed by atoms with Crippen molar-refractivity contribution in [2.24, 2.45) is 0 Å². The van der Waals surface area contributed by atoms with Gasteiger partial charge < -0.3 is 9.73 Å². The number of furan rings is 1. The molecule has 19 heavy (non-hydrogen) atoms. The summed E-state index contributed by atoms with van der Waals surface area (Å²) in [6, 6.07) is 9.54. The van der Waals surface area contributed by atoms with Gasteiger partial charge in [-0.3, -0.25) is 4.79 Å². The lowest BCUT2D eigenvalue weighted by Gasteiger charge is -2.24. The summed E-state index contributed by atoms with van der Waals surface area (Å²) in [5.41, 5.74) is 0.329. The van der Waals surface area contributed by atoms with Crippen molar-refractivity contribution >= 4 is 16.9 Å². The quantitative estimate of drug-likeness (QED) is 0.913. The number of nitriles is 1. The van der Waals surface area contributed by atoms with E-state index in [0.717, 1.165) is 5.39 Å². The molecule has 0 aliphatic rings. The highest BCUT2D eigenvalue weighted by molar-refractivity contribution is 6.06. The standard InChI is InChI=1S/C15H16N2O2/c1-3-15(4-2,10-16)17-14(18)12-9-19-13-8-6-5-7-11(12)13/h5-9H,3-4H2,1-2H3,(H,17,18). The molecular formula is C15H16N2O2. The topological polar surface area (TPSA) is 66.0 Å². The number of carbonyl (C=O) groups is 1. The Morgan fingerprint density at radius 3 is 2.68 bits per heavy atom. The number of para-hydroxylation sites is 1. The molecule has 1 aromatic heterocycles. The molecule has 0 bridgehead atoms. The molecule has 0 fully saturated rings. The molecule has 0 aliphatic carbocycles. The smallest absolute Gasteiger partial charge is 0.256 e. The maximum atomic E-state index is 12.3. The van der Waals surface area contributed by atoms with E-state index < -0.39 is 5.54 Å². The monoisotopic (exact) mass is 256 g/mol. The summed E-state index contributed by atoms with van der Waals surface area (Å²) in [5.74, 6) is -0.268. The zero-order valence-electron chi connectivity index (χ0n) is 11.1. The van der Waals surface area contributed by atoms with Gasteiger partial charge in [0, 0.05) is 5.39 Å². The second kappa shape index (κ2) is 5.15. The van der Waals surface area contributed by atoms with E-state index in [9.17, 15) is 10.1 Å². The molecule has 0 aliphatic heterocycles. The lowest BCUT2D eigenvalue weighted by Crippen LogP contribution is -2.46. The fourth-order valence-electron chi connectivity index (χ4n) is 2.05. The number of carbonyl (C=O) groups excluding carboxylic acids is 1. The minimum Gasteiger partial charge on any atom is -0.463 e. The highest BCUT2D eigenvalue weighted by Gasteiger charge is 2.29. The third-order valence-electron chi connectivity index (χ3n) is 3.50. The molecule has 4 nitrogen and oxygen atoms in total. The van der Waals surface area contributed by atoms with Crippen LogP contribution in [0.15, 0.2) is 34.9 Å². The van der Waals surface area contributed by atoms with Crippen molar-refractivity contribution in [1.29, 1.82) is 5.26 Å². The molecule has 2 aromatic rings. The second-order valence-electron chi connectivity index (χ2n) is 4.50. The zero-order chi connectivity index (χ0) is 13.9. The fourth-order valence-corrected chi connectivity index (χ4v) is 2.05. The Morgan fingerprint density at radius 2 is 2.05 bits per heavy atom. The van der Waals surface area contributed by atoms with Crippen molar-refractivity contribution in [3.63, 3.8) is 0 Å². The summed E-state index contributed by atoms with van der Waals surface area (Å²) >= 11 is 0. The summed E-state index contributed by atoms with van der Waals surface area (Å²) in [6.07, 6.45) is 2.58. The molecule has 0 unspecified atom stereocenters. The van der Waals surface area contributed by atoms with E-state index in [4.69, 9.17) is 4.42 Å². The van der Waals surface area contributed by atoms with Crippen LogP contribution in [0.1, 0.15) is 37.0 Å². The van der Waals surface area contributed by atoms with E-state index in [0.29, 0.717) is 24.0 Å². The lowest BCUT2D eigenvalue weighted by atomic mass is 9.94. The number of amides is 1. The Bertz CT molecular complexity index is 633. The van der Waals surface area contributed by atoms with Crippen LogP contribution in [0.25, 0.3) is 11.0 Å². The molecular weight excluding hydrogens is 240 g/mol. The predicted octanol–water partition coefficient (Wildman–Crippen LogP) is 3.24. The first-order chi connectivity index (χ1) is 9.15. The summed E-state index contributed by atoms with van der Waals surface area (Å²) in [4.78, 5) is 12.3. The van der Waals surface area contributed by atoms with Gasteiger partial charge >= 0.3 is 0 Å². The number of nitrogens with one attached hydrogen (secondary N) is 1. The minimum atomic E-state index is -0.810. The van der Waals surface area contributed by atoms with Crippen LogP contribution in [0, 0.1) is 11.3 Å². The number of fused-ring (bicyclic) bond motifs is 1. The predicted molar refractivity (Wildman–Crippen MR) is 72.6 cm³/mol. The molecule has 1 N–H and O–H groups in total. The normalized spacial score (nSPS) is 11.2. The van der Waals surface area contributed by atoms with Crippen LogP contribution in [-0.2, 0) is 0 Å². The van der Waals surface area contributed by atoms with E-state index in [1.54, 1.807) is 0 Å². The number of benzene rings is 1. The van der Waals surface area contributed by atoms with Gasteiger partial charge in [-0.15, -0.1) is 0 Å². The Labute approximate surface area is 112 Å². The van der Waals surface area contributed by atoms with Gasteiger partial charge in [-0.25, -0.2) is 0 Å². The van der Waals surface area contributed by atoms with Crippen molar-refractivity contribution in [2.45, 2.75) is 32.2 Å². The van der Waals surface area contributed by atoms with E-state index in [1.165, 1.54) is 6.26 Å². The number of rotatable bonds is 4. The summed E-state index contributed by atoms with van der Waals surface area (Å²) < 4.78 is 5.34. The fraction of sp³-hybridized carbons (Fsp3) is 0.333. The van der Waals surface area contributed by atoms with Gasteiger partial charge in [0.05, 0.1) is 11.6 Å². The molecule has 98 valence electrons. The highest BCUT2D eigenvalue weighted by Crippen LogP contribution is 2.22. The first-order valence-corrected chi connectivity index (χ1v) is 6.35. The summed E-state index contributed by atoms with van der Waals surface area (Å²) in [5, 5.41) is 12.8. The molecule has 1 amide bonds. The average Bonchev–Trinajstić information content (AvgIpc) is 2.89. The number of hydrogen-bond donors (Lipinski definition) is 1. The van der Waals surface area contributed by atoms with Gasteiger partial charge in [0.2, 0.25) is 0 Å². The molecule has 1 heterocycles. The Kier molecular flexibility index (Phi) is 3.57. The molecule has 2 rings (SSSR count). The van der Waals surface area contributed by atoms with Crippen LogP contribution in [0.5, 0.6) is 0 Å². The molecule has 0 atom stereocenters. The highest BCUT2D eigenvalue weighted by atomic mass is 16.3. The van der Waals surface area contributed by atoms with Gasteiger partial charge in [0.25, 0.3) is 5.91 Å². The van der Waals surface area contributed by atoms with Crippen LogP contribution in [0.2, 0.25) is 0 Å². The van der Waals surface area contributed by atoms with Crippen molar-refractivity contribution < 1.29 is 9.21 Å². The molecule has 0 saturated heterocycles. The minimum absolute atomic E-state index is 0.268. The lowest BCUT2D eigenvalue weighted by molar-refractivity contribution is 0.0916. The first kappa shape index (κ1) is 13.2. The van der Waals surface area contributed by atoms with E-state index in [2.05, 4.69) is 11.4 Å². The molecule has 1 aromatic carbocycles. The molecule has 0 radical (unpaired) electrons. The SMILES string of the molecule is CCC(C#N)(CC)NC(=O)c1coc2ccccc12. The van der Waals surface area contributed by atoms with E-state index in [1.807, 2.05) is 38.1 Å². The molecule has 0 spiro atoms. The van der Waals surface area contributed by atoms with Crippen LogP contribution in [-0.4, -0.2) is 11.4 Å². The first-order valence-electron chi connectivity index (χ1n) is 6.35. The number of hydrogen-bond acceptors (Lipinski definition) is 3. The maximum absolute atomic E-state index is 12.3. The van der Waals surface area contributed by atoms with E-state index in [-0.39, 0.29) is 5.91 Å². The van der Waals surface area contributed by atoms with Crippen molar-refractivity contribution in [3.05, 3.63) is 36.1 Å². The third-order valence-corrected chi connectivity index (χ3v) is 3.50. The van der Waals surface area contributed by atoms with Gasteiger partial charge in [-0.2, -0.15) is 5.26 Å². The summed E-state index contributed by atoms with van der Waals surface area (Å²) in [6.45, 7) is 3.78. The van der Waals surface area contributed by atoms with Gasteiger partial charge in [-0.05, 0) is 18.9 Å². The Balaban J connectivity index is 2.33.